The molecular weight excluding hydrogens is 304 g/mol. The van der Waals surface area contributed by atoms with Crippen molar-refractivity contribution in [2.24, 2.45) is 0 Å². The van der Waals surface area contributed by atoms with E-state index in [-0.39, 0.29) is 5.41 Å². The normalized spacial score (nSPS) is 12.5. The molecule has 1 atom stereocenters. The number of carbonyl (C=O) groups is 1. The molecule has 0 aliphatic rings. The van der Waals surface area contributed by atoms with Crippen LogP contribution >= 0.6 is 0 Å². The van der Waals surface area contributed by atoms with Crippen LogP contribution in [0.1, 0.15) is 31.9 Å². The average molecular weight is 328 g/mol. The Kier molecular flexibility index (Phi) is 5.50. The van der Waals surface area contributed by atoms with Gasteiger partial charge < -0.3 is 14.6 Å². The Morgan fingerprint density at radius 3 is 2.00 bits per heavy atom. The number of carboxylic acid groups (broad SMARTS) is 1. The first-order valence-electron chi connectivity index (χ1n) is 7.92. The second kappa shape index (κ2) is 7.39. The van der Waals surface area contributed by atoms with Crippen molar-refractivity contribution in [3.8, 4) is 11.5 Å². The molecule has 0 saturated heterocycles. The number of aliphatic carboxylic acids is 1. The largest absolute Gasteiger partial charge is 0.497 e. The molecule has 0 amide bonds. The highest BCUT2D eigenvalue weighted by Crippen LogP contribution is 2.25. The summed E-state index contributed by atoms with van der Waals surface area (Å²) in [5.41, 5.74) is 2.11. The minimum absolute atomic E-state index is 0.0494. The predicted molar refractivity (Wildman–Crippen MR) is 93.9 cm³/mol. The summed E-state index contributed by atoms with van der Waals surface area (Å²) in [4.78, 5) is 11.5. The second-order valence-corrected chi connectivity index (χ2v) is 6.77. The van der Waals surface area contributed by atoms with Crippen LogP contribution in [0.15, 0.2) is 48.5 Å². The Balaban J connectivity index is 2.09. The maximum Gasteiger partial charge on any atom is 0.345 e. The van der Waals surface area contributed by atoms with Gasteiger partial charge in [0.1, 0.15) is 11.5 Å². The molecule has 0 aliphatic heterocycles. The van der Waals surface area contributed by atoms with Gasteiger partial charge >= 0.3 is 5.97 Å². The van der Waals surface area contributed by atoms with Gasteiger partial charge in [-0.3, -0.25) is 0 Å². The molecular formula is C20H24O4. The summed E-state index contributed by atoms with van der Waals surface area (Å²) in [5.74, 6) is 0.318. The van der Waals surface area contributed by atoms with Crippen LogP contribution in [0.5, 0.6) is 11.5 Å². The zero-order valence-electron chi connectivity index (χ0n) is 14.6. The number of methoxy groups -OCH3 is 1. The van der Waals surface area contributed by atoms with E-state index in [1.54, 1.807) is 7.11 Å². The first-order chi connectivity index (χ1) is 11.3. The van der Waals surface area contributed by atoms with Gasteiger partial charge in [0.05, 0.1) is 7.11 Å². The van der Waals surface area contributed by atoms with Crippen molar-refractivity contribution < 1.29 is 19.4 Å². The Bertz CT molecular complexity index is 666. The molecule has 0 bridgehead atoms. The van der Waals surface area contributed by atoms with Crippen LogP contribution in [0.2, 0.25) is 0 Å². The first kappa shape index (κ1) is 17.9. The van der Waals surface area contributed by atoms with Crippen molar-refractivity contribution in [3.63, 3.8) is 0 Å². The van der Waals surface area contributed by atoms with Crippen molar-refractivity contribution in [2.45, 2.75) is 38.7 Å². The lowest BCUT2D eigenvalue weighted by Gasteiger charge is -2.20. The molecule has 24 heavy (non-hydrogen) atoms. The standard InChI is InChI=1S/C20H24O4/c1-20(2,3)15-7-11-17(12-8-15)24-18(19(21)22)13-14-5-9-16(23-4)10-6-14/h5-12,18H,13H2,1-4H3,(H,21,22). The van der Waals surface area contributed by atoms with Crippen LogP contribution in [0.4, 0.5) is 0 Å². The van der Waals surface area contributed by atoms with Crippen LogP contribution in [0.25, 0.3) is 0 Å². The predicted octanol–water partition coefficient (Wildman–Crippen LogP) is 4.07. The third kappa shape index (κ3) is 4.75. The fourth-order valence-electron chi connectivity index (χ4n) is 2.35. The molecule has 0 aromatic heterocycles. The second-order valence-electron chi connectivity index (χ2n) is 6.77. The summed E-state index contributed by atoms with van der Waals surface area (Å²) in [6.45, 7) is 6.39. The van der Waals surface area contributed by atoms with E-state index in [2.05, 4.69) is 20.8 Å². The summed E-state index contributed by atoms with van der Waals surface area (Å²) in [6.07, 6.45) is -0.640. The first-order valence-corrected chi connectivity index (χ1v) is 7.92. The maximum absolute atomic E-state index is 11.5. The maximum atomic E-state index is 11.5. The molecule has 0 heterocycles. The molecule has 2 rings (SSSR count). The molecule has 0 radical (unpaired) electrons. The SMILES string of the molecule is COc1ccc(CC(Oc2ccc(C(C)(C)C)cc2)C(=O)O)cc1. The van der Waals surface area contributed by atoms with E-state index in [0.717, 1.165) is 11.3 Å². The van der Waals surface area contributed by atoms with Gasteiger partial charge in [-0.25, -0.2) is 4.79 Å². The van der Waals surface area contributed by atoms with Crippen molar-refractivity contribution in [2.75, 3.05) is 7.11 Å². The fraction of sp³-hybridized carbons (Fsp3) is 0.350. The number of hydrogen-bond donors (Lipinski definition) is 1. The van der Waals surface area contributed by atoms with Crippen LogP contribution in [0.3, 0.4) is 0 Å². The summed E-state index contributed by atoms with van der Waals surface area (Å²) in [7, 11) is 1.60. The summed E-state index contributed by atoms with van der Waals surface area (Å²) in [6, 6.07) is 14.9. The van der Waals surface area contributed by atoms with Crippen molar-refractivity contribution >= 4 is 5.97 Å². The average Bonchev–Trinajstić information content (AvgIpc) is 2.54. The molecule has 4 nitrogen and oxygen atoms in total. The number of ether oxygens (including phenoxy) is 2. The van der Waals surface area contributed by atoms with E-state index in [1.807, 2.05) is 48.5 Å². The molecule has 0 spiro atoms. The third-order valence-electron chi connectivity index (χ3n) is 3.85. The lowest BCUT2D eigenvalue weighted by atomic mass is 9.87. The van der Waals surface area contributed by atoms with E-state index >= 15 is 0 Å². The van der Waals surface area contributed by atoms with Crippen LogP contribution in [-0.2, 0) is 16.6 Å². The molecule has 1 unspecified atom stereocenters. The Labute approximate surface area is 143 Å². The van der Waals surface area contributed by atoms with E-state index in [9.17, 15) is 9.90 Å². The van der Waals surface area contributed by atoms with Gasteiger partial charge in [0.2, 0.25) is 0 Å². The van der Waals surface area contributed by atoms with Crippen LogP contribution < -0.4 is 9.47 Å². The lowest BCUT2D eigenvalue weighted by molar-refractivity contribution is -0.145. The van der Waals surface area contributed by atoms with Crippen molar-refractivity contribution in [1.29, 1.82) is 0 Å². The van der Waals surface area contributed by atoms with Gasteiger partial charge in [-0.2, -0.15) is 0 Å². The molecule has 2 aromatic carbocycles. The monoisotopic (exact) mass is 328 g/mol. The Hall–Kier alpha value is -2.49. The minimum atomic E-state index is -0.981. The highest BCUT2D eigenvalue weighted by molar-refractivity contribution is 5.73. The van der Waals surface area contributed by atoms with E-state index in [0.29, 0.717) is 12.2 Å². The van der Waals surface area contributed by atoms with Gasteiger partial charge in [-0.05, 0) is 40.8 Å². The Morgan fingerprint density at radius 1 is 1.00 bits per heavy atom. The lowest BCUT2D eigenvalue weighted by Crippen LogP contribution is -2.29. The van der Waals surface area contributed by atoms with Gasteiger partial charge in [-0.15, -0.1) is 0 Å². The zero-order valence-corrected chi connectivity index (χ0v) is 14.6. The summed E-state index contributed by atoms with van der Waals surface area (Å²) < 4.78 is 10.8. The van der Waals surface area contributed by atoms with E-state index in [1.165, 1.54) is 5.56 Å². The molecule has 2 aromatic rings. The summed E-state index contributed by atoms with van der Waals surface area (Å²) in [5, 5.41) is 9.43. The molecule has 1 N–H and O–H groups in total. The minimum Gasteiger partial charge on any atom is -0.497 e. The van der Waals surface area contributed by atoms with Gasteiger partial charge in [0, 0.05) is 6.42 Å². The van der Waals surface area contributed by atoms with E-state index in [4.69, 9.17) is 9.47 Å². The van der Waals surface area contributed by atoms with Crippen LogP contribution in [0, 0.1) is 0 Å². The number of benzene rings is 2. The molecule has 4 heteroatoms. The Morgan fingerprint density at radius 2 is 1.54 bits per heavy atom. The van der Waals surface area contributed by atoms with Crippen LogP contribution in [-0.4, -0.2) is 24.3 Å². The number of hydrogen-bond acceptors (Lipinski definition) is 3. The fourth-order valence-corrected chi connectivity index (χ4v) is 2.35. The van der Waals surface area contributed by atoms with Gasteiger partial charge in [0.15, 0.2) is 6.10 Å². The van der Waals surface area contributed by atoms with E-state index < -0.39 is 12.1 Å². The molecule has 0 fully saturated rings. The summed E-state index contributed by atoms with van der Waals surface area (Å²) >= 11 is 0. The van der Waals surface area contributed by atoms with Crippen molar-refractivity contribution in [3.05, 3.63) is 59.7 Å². The molecule has 0 aliphatic carbocycles. The third-order valence-corrected chi connectivity index (χ3v) is 3.85. The molecule has 0 saturated carbocycles. The topological polar surface area (TPSA) is 55.8 Å². The zero-order chi connectivity index (χ0) is 17.7. The highest BCUT2D eigenvalue weighted by atomic mass is 16.5. The smallest absolute Gasteiger partial charge is 0.345 e. The number of rotatable bonds is 6. The van der Waals surface area contributed by atoms with Gasteiger partial charge in [0.25, 0.3) is 0 Å². The molecule has 128 valence electrons. The quantitative estimate of drug-likeness (QED) is 0.868. The van der Waals surface area contributed by atoms with Gasteiger partial charge in [-0.1, -0.05) is 45.0 Å². The highest BCUT2D eigenvalue weighted by Gasteiger charge is 2.21. The van der Waals surface area contributed by atoms with Crippen molar-refractivity contribution in [1.82, 2.24) is 0 Å². The number of carboxylic acids is 1.